The Morgan fingerprint density at radius 3 is 2.55 bits per heavy atom. The van der Waals surface area contributed by atoms with Gasteiger partial charge in [0, 0.05) is 28.3 Å². The van der Waals surface area contributed by atoms with Gasteiger partial charge < -0.3 is 19.5 Å². The largest absolute Gasteiger partial charge is 0.467 e. The van der Waals surface area contributed by atoms with Crippen molar-refractivity contribution in [3.05, 3.63) is 36.0 Å². The van der Waals surface area contributed by atoms with E-state index < -0.39 is 34.7 Å². The Bertz CT molecular complexity index is 1130. The molecule has 2 saturated heterocycles. The maximum absolute atomic E-state index is 13.3. The van der Waals surface area contributed by atoms with Gasteiger partial charge in [0.05, 0.1) is 18.0 Å². The van der Waals surface area contributed by atoms with E-state index >= 15 is 0 Å². The Hall–Kier alpha value is -2.52. The van der Waals surface area contributed by atoms with Gasteiger partial charge in [0.25, 0.3) is 0 Å². The van der Waals surface area contributed by atoms with E-state index in [0.717, 1.165) is 0 Å². The summed E-state index contributed by atoms with van der Waals surface area (Å²) in [5.74, 6) is -0.679. The molecule has 9 heteroatoms. The van der Waals surface area contributed by atoms with Crippen molar-refractivity contribution in [2.75, 3.05) is 12.9 Å². The zero-order valence-corrected chi connectivity index (χ0v) is 20.6. The third-order valence-corrected chi connectivity index (χ3v) is 7.68. The molecule has 1 unspecified atom stereocenters. The molecule has 3 atom stereocenters. The highest BCUT2D eigenvalue weighted by atomic mass is 32.2. The summed E-state index contributed by atoms with van der Waals surface area (Å²) < 4.78 is 12.0. The number of ether oxygens (including phenoxy) is 2. The van der Waals surface area contributed by atoms with Crippen LogP contribution >= 0.6 is 11.8 Å². The first-order valence-electron chi connectivity index (χ1n) is 10.9. The summed E-state index contributed by atoms with van der Waals surface area (Å²) >= 11 is 1.46. The highest BCUT2D eigenvalue weighted by Gasteiger charge is 2.65. The van der Waals surface area contributed by atoms with E-state index in [4.69, 9.17) is 9.47 Å². The van der Waals surface area contributed by atoms with Crippen LogP contribution in [0.4, 0.5) is 4.79 Å². The SMILES string of the molecule is COC(=O)[C@@]1(C(O)c2cn(C(=O)OC(C)(C)C)c3ccccc23)CS[C@H]2CC(C)(C)C(=O)N21. The summed E-state index contributed by atoms with van der Waals surface area (Å²) in [5.41, 5.74) is -2.06. The molecule has 1 N–H and O–H groups in total. The predicted octanol–water partition coefficient (Wildman–Crippen LogP) is 3.70. The highest BCUT2D eigenvalue weighted by Crippen LogP contribution is 2.54. The smallest absolute Gasteiger partial charge is 0.419 e. The Morgan fingerprint density at radius 2 is 1.91 bits per heavy atom. The molecule has 4 rings (SSSR count). The van der Waals surface area contributed by atoms with E-state index in [0.29, 0.717) is 22.9 Å². The minimum absolute atomic E-state index is 0.194. The number of para-hydroxylation sites is 1. The summed E-state index contributed by atoms with van der Waals surface area (Å²) in [6, 6.07) is 7.09. The number of fused-ring (bicyclic) bond motifs is 2. The van der Waals surface area contributed by atoms with Gasteiger partial charge in [-0.05, 0) is 33.3 Å². The number of rotatable bonds is 3. The van der Waals surface area contributed by atoms with E-state index in [1.807, 2.05) is 13.8 Å². The van der Waals surface area contributed by atoms with Crippen molar-refractivity contribution in [2.24, 2.45) is 5.41 Å². The summed E-state index contributed by atoms with van der Waals surface area (Å²) in [6.45, 7) is 9.01. The van der Waals surface area contributed by atoms with Gasteiger partial charge in [-0.15, -0.1) is 11.8 Å². The number of hydrogen-bond acceptors (Lipinski definition) is 7. The number of esters is 1. The molecule has 0 spiro atoms. The molecule has 0 bridgehead atoms. The van der Waals surface area contributed by atoms with Gasteiger partial charge >= 0.3 is 12.1 Å². The van der Waals surface area contributed by atoms with Gasteiger partial charge in [-0.3, -0.25) is 9.36 Å². The summed E-state index contributed by atoms with van der Waals surface area (Å²) in [6.07, 6.45) is 0.0644. The van der Waals surface area contributed by atoms with Crippen LogP contribution in [-0.4, -0.2) is 61.9 Å². The topological polar surface area (TPSA) is 98.1 Å². The molecule has 0 saturated carbocycles. The fourth-order valence-electron chi connectivity index (χ4n) is 4.74. The second kappa shape index (κ2) is 7.77. The lowest BCUT2D eigenvalue weighted by atomic mass is 9.86. The molecule has 33 heavy (non-hydrogen) atoms. The van der Waals surface area contributed by atoms with Crippen molar-refractivity contribution >= 4 is 40.6 Å². The minimum atomic E-state index is -1.60. The molecule has 3 heterocycles. The van der Waals surface area contributed by atoms with Crippen LogP contribution in [0, 0.1) is 5.41 Å². The fraction of sp³-hybridized carbons (Fsp3) is 0.542. The summed E-state index contributed by atoms with van der Waals surface area (Å²) in [7, 11) is 1.25. The van der Waals surface area contributed by atoms with Gasteiger partial charge in [0.1, 0.15) is 11.7 Å². The quantitative estimate of drug-likeness (QED) is 0.678. The molecule has 1 aromatic carbocycles. The van der Waals surface area contributed by atoms with Crippen LogP contribution in [0.2, 0.25) is 0 Å². The van der Waals surface area contributed by atoms with E-state index in [9.17, 15) is 19.5 Å². The second-order valence-electron chi connectivity index (χ2n) is 10.3. The molecular formula is C24H30N2O6S. The summed E-state index contributed by atoms with van der Waals surface area (Å²) in [4.78, 5) is 41.0. The van der Waals surface area contributed by atoms with E-state index in [1.165, 1.54) is 34.5 Å². The van der Waals surface area contributed by atoms with Gasteiger partial charge in [-0.1, -0.05) is 32.0 Å². The fourth-order valence-corrected chi connectivity index (χ4v) is 6.56. The van der Waals surface area contributed by atoms with Crippen LogP contribution in [0.5, 0.6) is 0 Å². The van der Waals surface area contributed by atoms with Gasteiger partial charge in [-0.2, -0.15) is 0 Å². The van der Waals surface area contributed by atoms with Crippen molar-refractivity contribution in [3.8, 4) is 0 Å². The zero-order valence-electron chi connectivity index (χ0n) is 19.7. The standard InChI is InChI=1S/C24H30N2O6S/c1-22(2,3)32-21(30)25-12-15(14-9-7-8-10-16(14)25)18(27)24(20(29)31-6)13-33-17-11-23(4,5)19(28)26(17)24/h7-10,12,17-18,27H,11,13H2,1-6H3/t17-,18?,24-/m0/s1. The lowest BCUT2D eigenvalue weighted by Crippen LogP contribution is -2.60. The number of methoxy groups -OCH3 is 1. The number of nitrogens with zero attached hydrogens (tertiary/aromatic N) is 2. The molecular weight excluding hydrogens is 444 g/mol. The minimum Gasteiger partial charge on any atom is -0.467 e. The van der Waals surface area contributed by atoms with Gasteiger partial charge in [0.15, 0.2) is 5.54 Å². The van der Waals surface area contributed by atoms with Crippen LogP contribution in [0.3, 0.4) is 0 Å². The molecule has 0 radical (unpaired) electrons. The summed E-state index contributed by atoms with van der Waals surface area (Å²) in [5, 5.41) is 12.1. The van der Waals surface area contributed by atoms with Crippen molar-refractivity contribution in [3.63, 3.8) is 0 Å². The van der Waals surface area contributed by atoms with Crippen molar-refractivity contribution in [1.29, 1.82) is 0 Å². The molecule has 1 amide bonds. The third kappa shape index (κ3) is 3.61. The number of amides is 1. The number of benzene rings is 1. The Morgan fingerprint density at radius 1 is 1.24 bits per heavy atom. The Labute approximate surface area is 197 Å². The molecule has 1 aromatic heterocycles. The molecule has 2 aromatic rings. The Kier molecular flexibility index (Phi) is 5.56. The van der Waals surface area contributed by atoms with Crippen LogP contribution < -0.4 is 0 Å². The normalized spacial score (nSPS) is 25.2. The third-order valence-electron chi connectivity index (χ3n) is 6.32. The average molecular weight is 475 g/mol. The zero-order chi connectivity index (χ0) is 24.3. The van der Waals surface area contributed by atoms with Crippen molar-refractivity contribution in [1.82, 2.24) is 9.47 Å². The molecule has 0 aliphatic carbocycles. The van der Waals surface area contributed by atoms with E-state index in [1.54, 1.807) is 45.0 Å². The molecule has 2 fully saturated rings. The number of aliphatic hydroxyl groups is 1. The lowest BCUT2D eigenvalue weighted by molar-refractivity contribution is -0.168. The first-order valence-corrected chi connectivity index (χ1v) is 11.9. The van der Waals surface area contributed by atoms with Crippen LogP contribution in [0.25, 0.3) is 10.9 Å². The van der Waals surface area contributed by atoms with Gasteiger partial charge in [0.2, 0.25) is 5.91 Å². The highest BCUT2D eigenvalue weighted by molar-refractivity contribution is 8.00. The van der Waals surface area contributed by atoms with E-state index in [2.05, 4.69) is 0 Å². The monoisotopic (exact) mass is 474 g/mol. The van der Waals surface area contributed by atoms with E-state index in [-0.39, 0.29) is 17.0 Å². The average Bonchev–Trinajstić information content (AvgIpc) is 3.36. The number of carbonyl (C=O) groups excluding carboxylic acids is 3. The number of hydrogen-bond donors (Lipinski definition) is 1. The first kappa shape index (κ1) is 23.6. The molecule has 2 aliphatic heterocycles. The maximum atomic E-state index is 13.3. The number of aromatic nitrogens is 1. The molecule has 178 valence electrons. The maximum Gasteiger partial charge on any atom is 0.419 e. The predicted molar refractivity (Wildman–Crippen MR) is 125 cm³/mol. The van der Waals surface area contributed by atoms with Crippen molar-refractivity contribution in [2.45, 2.75) is 63.7 Å². The Balaban J connectivity index is 1.86. The van der Waals surface area contributed by atoms with Crippen LogP contribution in [0.1, 0.15) is 52.7 Å². The number of thioether (sulfide) groups is 1. The van der Waals surface area contributed by atoms with Crippen LogP contribution in [0.15, 0.2) is 30.5 Å². The first-order chi connectivity index (χ1) is 15.3. The number of carbonyl (C=O) groups is 3. The number of aliphatic hydroxyl groups excluding tert-OH is 1. The lowest BCUT2D eigenvalue weighted by Gasteiger charge is -2.39. The van der Waals surface area contributed by atoms with Gasteiger partial charge in [-0.25, -0.2) is 9.59 Å². The molecule has 2 aliphatic rings. The molecule has 8 nitrogen and oxygen atoms in total. The second-order valence-corrected chi connectivity index (χ2v) is 11.5. The van der Waals surface area contributed by atoms with Crippen LogP contribution in [-0.2, 0) is 19.1 Å². The van der Waals surface area contributed by atoms with Crippen molar-refractivity contribution < 1.29 is 29.0 Å².